The van der Waals surface area contributed by atoms with E-state index in [0.29, 0.717) is 0 Å². The van der Waals surface area contributed by atoms with Gasteiger partial charge in [0.05, 0.1) is 13.2 Å². The van der Waals surface area contributed by atoms with E-state index >= 15 is 0 Å². The summed E-state index contributed by atoms with van der Waals surface area (Å²) in [5, 5.41) is 47.5. The minimum atomic E-state index is -1.63. The van der Waals surface area contributed by atoms with Crippen molar-refractivity contribution in [3.05, 3.63) is 0 Å². The van der Waals surface area contributed by atoms with Gasteiger partial charge in [-0.2, -0.15) is 0 Å². The first-order valence-corrected chi connectivity index (χ1v) is 3.40. The van der Waals surface area contributed by atoms with Crippen molar-refractivity contribution in [3.63, 3.8) is 0 Å². The molecule has 2 radical (unpaired) electrons. The van der Waals surface area contributed by atoms with Gasteiger partial charge in [0.25, 0.3) is 0 Å². The summed E-state index contributed by atoms with van der Waals surface area (Å²) >= 11 is 0. The van der Waals surface area contributed by atoms with Crippen molar-refractivity contribution in [2.24, 2.45) is 0 Å². The standard InChI is InChI=1S/2C3H6O4.Ca.2H2O/c2*4-1-2(5)3(6)7;;;/h2*2,4-5H,1H2,(H,6,7);;2*1H2. The molecule has 0 saturated carbocycles. The van der Waals surface area contributed by atoms with E-state index in [4.69, 9.17) is 30.6 Å². The molecule has 0 heterocycles. The van der Waals surface area contributed by atoms with Crippen LogP contribution in [0.3, 0.4) is 0 Å². The third-order valence-electron chi connectivity index (χ3n) is 0.916. The van der Waals surface area contributed by atoms with Crippen LogP contribution in [0, 0.1) is 0 Å². The second-order valence-corrected chi connectivity index (χ2v) is 2.07. The average molecular weight is 288 g/mol. The van der Waals surface area contributed by atoms with Crippen LogP contribution in [-0.2, 0) is 9.59 Å². The Bertz CT molecular complexity index is 166. The molecule has 0 aliphatic carbocycles. The normalized spacial score (nSPS) is 11.1. The van der Waals surface area contributed by atoms with Gasteiger partial charge in [0.1, 0.15) is 0 Å². The second kappa shape index (κ2) is 18.3. The van der Waals surface area contributed by atoms with E-state index in [9.17, 15) is 9.59 Å². The van der Waals surface area contributed by atoms with E-state index in [1.807, 2.05) is 0 Å². The fourth-order valence-corrected chi connectivity index (χ4v) is 0.156. The van der Waals surface area contributed by atoms with E-state index in [-0.39, 0.29) is 48.7 Å². The van der Waals surface area contributed by atoms with Crippen LogP contribution in [-0.4, -0.2) is 117 Å². The molecule has 2 unspecified atom stereocenters. The average Bonchev–Trinajstić information content (AvgIpc) is 2.15. The van der Waals surface area contributed by atoms with Crippen LogP contribution in [0.4, 0.5) is 0 Å². The molecule has 0 aromatic heterocycles. The molecule has 10 N–H and O–H groups in total. The maximum atomic E-state index is 9.52. The first-order chi connectivity index (χ1) is 6.36. The Morgan fingerprint density at radius 3 is 1.00 bits per heavy atom. The number of hydrogen-bond acceptors (Lipinski definition) is 6. The summed E-state index contributed by atoms with van der Waals surface area (Å²) in [6.45, 7) is -1.45. The smallest absolute Gasteiger partial charge is 0.334 e. The summed E-state index contributed by atoms with van der Waals surface area (Å²) in [6.07, 6.45) is -3.25. The van der Waals surface area contributed by atoms with E-state index in [1.165, 1.54) is 0 Å². The zero-order valence-electron chi connectivity index (χ0n) is 8.78. The Balaban J connectivity index is -0.0000000480. The van der Waals surface area contributed by atoms with Crippen LogP contribution in [0.25, 0.3) is 0 Å². The number of aliphatic hydroxyl groups is 4. The van der Waals surface area contributed by atoms with E-state index in [1.54, 1.807) is 0 Å². The molecule has 0 fully saturated rings. The van der Waals surface area contributed by atoms with Crippen LogP contribution < -0.4 is 0 Å². The molecule has 11 heteroatoms. The van der Waals surface area contributed by atoms with Gasteiger partial charge in [-0.05, 0) is 0 Å². The molecule has 0 aliphatic heterocycles. The van der Waals surface area contributed by atoms with Gasteiger partial charge in [-0.3, -0.25) is 0 Å². The molecule has 0 aromatic rings. The van der Waals surface area contributed by atoms with Crippen LogP contribution >= 0.6 is 0 Å². The third kappa shape index (κ3) is 21.7. The van der Waals surface area contributed by atoms with Crippen molar-refractivity contribution < 1.29 is 51.2 Å². The fraction of sp³-hybridized carbons (Fsp3) is 0.667. The Kier molecular flexibility index (Phi) is 32.6. The number of aliphatic carboxylic acids is 2. The van der Waals surface area contributed by atoms with Crippen molar-refractivity contribution in [1.82, 2.24) is 0 Å². The molecule has 102 valence electrons. The Labute approximate surface area is 126 Å². The van der Waals surface area contributed by atoms with Gasteiger partial charge in [-0.15, -0.1) is 0 Å². The van der Waals surface area contributed by atoms with Gasteiger partial charge in [-0.1, -0.05) is 0 Å². The fourth-order valence-electron chi connectivity index (χ4n) is 0.156. The molecule has 0 spiro atoms. The summed E-state index contributed by atoms with van der Waals surface area (Å²) in [5.74, 6) is -2.80. The predicted octanol–water partition coefficient (Wildman–Crippen LogP) is -5.18. The van der Waals surface area contributed by atoms with Crippen molar-refractivity contribution in [2.45, 2.75) is 12.2 Å². The van der Waals surface area contributed by atoms with Gasteiger partial charge in [-0.25, -0.2) is 9.59 Å². The quantitative estimate of drug-likeness (QED) is 0.274. The zero-order valence-corrected chi connectivity index (χ0v) is 11.0. The first-order valence-electron chi connectivity index (χ1n) is 3.40. The topological polar surface area (TPSA) is 219 Å². The number of carbonyl (C=O) groups is 2. The summed E-state index contributed by atoms with van der Waals surface area (Å²) < 4.78 is 0. The summed E-state index contributed by atoms with van der Waals surface area (Å²) in [4.78, 5) is 19.0. The summed E-state index contributed by atoms with van der Waals surface area (Å²) in [7, 11) is 0. The molecule has 0 bridgehead atoms. The Morgan fingerprint density at radius 1 is 0.824 bits per heavy atom. The van der Waals surface area contributed by atoms with Crippen molar-refractivity contribution >= 4 is 49.7 Å². The molecule has 0 aliphatic rings. The minimum absolute atomic E-state index is 0. The van der Waals surface area contributed by atoms with Gasteiger partial charge >= 0.3 is 11.9 Å². The predicted molar refractivity (Wildman–Crippen MR) is 54.4 cm³/mol. The SMILES string of the molecule is O.O.O=C(O)C(O)CO.O=C(O)C(O)CO.[Ca]. The maximum Gasteiger partial charge on any atom is 0.334 e. The number of rotatable bonds is 4. The molecular formula is C6H16CaO10. The van der Waals surface area contributed by atoms with Gasteiger partial charge in [0.2, 0.25) is 0 Å². The van der Waals surface area contributed by atoms with E-state index < -0.39 is 37.4 Å². The monoisotopic (exact) mass is 288 g/mol. The molecule has 10 nitrogen and oxygen atoms in total. The molecule has 0 amide bonds. The van der Waals surface area contributed by atoms with Crippen molar-refractivity contribution in [1.29, 1.82) is 0 Å². The molecular weight excluding hydrogens is 272 g/mol. The molecule has 2 atom stereocenters. The van der Waals surface area contributed by atoms with Gasteiger partial charge in [0.15, 0.2) is 12.2 Å². The zero-order chi connectivity index (χ0) is 11.7. The molecule has 0 aromatic carbocycles. The van der Waals surface area contributed by atoms with Crippen LogP contribution in [0.15, 0.2) is 0 Å². The van der Waals surface area contributed by atoms with Crippen molar-refractivity contribution in [2.75, 3.05) is 13.2 Å². The van der Waals surface area contributed by atoms with Gasteiger partial charge < -0.3 is 41.6 Å². The van der Waals surface area contributed by atoms with Crippen LogP contribution in [0.5, 0.6) is 0 Å². The maximum absolute atomic E-state index is 9.52. The third-order valence-corrected chi connectivity index (χ3v) is 0.916. The Hall–Kier alpha value is -0.0403. The number of carboxylic acid groups (broad SMARTS) is 2. The molecule has 17 heavy (non-hydrogen) atoms. The Morgan fingerprint density at radius 2 is 1.00 bits per heavy atom. The van der Waals surface area contributed by atoms with Crippen LogP contribution in [0.2, 0.25) is 0 Å². The largest absolute Gasteiger partial charge is 0.479 e. The van der Waals surface area contributed by atoms with E-state index in [2.05, 4.69) is 0 Å². The minimum Gasteiger partial charge on any atom is -0.479 e. The molecule has 0 saturated heterocycles. The molecule has 0 rings (SSSR count). The van der Waals surface area contributed by atoms with Crippen LogP contribution in [0.1, 0.15) is 0 Å². The van der Waals surface area contributed by atoms with Gasteiger partial charge in [0, 0.05) is 37.7 Å². The number of hydrogen-bond donors (Lipinski definition) is 6. The van der Waals surface area contributed by atoms with E-state index in [0.717, 1.165) is 0 Å². The second-order valence-electron chi connectivity index (χ2n) is 2.07. The number of carboxylic acids is 2. The van der Waals surface area contributed by atoms with Crippen molar-refractivity contribution in [3.8, 4) is 0 Å². The first kappa shape index (κ1) is 30.2. The number of aliphatic hydroxyl groups excluding tert-OH is 4. The summed E-state index contributed by atoms with van der Waals surface area (Å²) in [5.41, 5.74) is 0. The summed E-state index contributed by atoms with van der Waals surface area (Å²) in [6, 6.07) is 0.